The molecule has 168 valence electrons. The van der Waals surface area contributed by atoms with Gasteiger partial charge in [-0.1, -0.05) is 52.9 Å². The van der Waals surface area contributed by atoms with E-state index in [1.165, 1.54) is 0 Å². The van der Waals surface area contributed by atoms with Crippen LogP contribution < -0.4 is 15.4 Å². The smallest absolute Gasteiger partial charge is 0.416 e. The summed E-state index contributed by atoms with van der Waals surface area (Å²) in [5.41, 5.74) is -1.07. The number of alkyl halides is 3. The van der Waals surface area contributed by atoms with Crippen molar-refractivity contribution in [1.29, 1.82) is 0 Å². The number of ether oxygens (including phenoxy) is 1. The molecule has 0 saturated heterocycles. The zero-order chi connectivity index (χ0) is 23.1. The van der Waals surface area contributed by atoms with Crippen molar-refractivity contribution in [3.05, 3.63) is 59.1 Å². The number of hydrogen-bond donors (Lipinski definition) is 2. The molecule has 0 saturated carbocycles. The Bertz CT molecular complexity index is 1100. The molecule has 3 rings (SSSR count). The molecule has 0 aliphatic carbocycles. The minimum absolute atomic E-state index is 0.0185. The van der Waals surface area contributed by atoms with E-state index in [9.17, 15) is 22.8 Å². The van der Waals surface area contributed by atoms with Crippen LogP contribution in [0.4, 0.5) is 24.0 Å². The Kier molecular flexibility index (Phi) is 7.94. The Labute approximate surface area is 193 Å². The minimum atomic E-state index is -4.56. The summed E-state index contributed by atoms with van der Waals surface area (Å²) < 4.78 is 44.2. The molecule has 32 heavy (non-hydrogen) atoms. The number of nitrogens with one attached hydrogen (secondary N) is 2. The molecule has 2 amide bonds. The molecule has 0 fully saturated rings. The topological polar surface area (TPSA) is 93.2 Å². The number of halogens is 4. The maximum absolute atomic E-state index is 12.8. The zero-order valence-electron chi connectivity index (χ0n) is 16.0. The maximum atomic E-state index is 12.8. The molecule has 0 bridgehead atoms. The number of rotatable bonds is 8. The van der Waals surface area contributed by atoms with Crippen molar-refractivity contribution in [2.24, 2.45) is 0 Å². The lowest BCUT2D eigenvalue weighted by Crippen LogP contribution is -2.20. The van der Waals surface area contributed by atoms with Crippen LogP contribution in [0, 0.1) is 0 Å². The summed E-state index contributed by atoms with van der Waals surface area (Å²) in [7, 11) is 0. The van der Waals surface area contributed by atoms with E-state index in [-0.39, 0.29) is 28.2 Å². The van der Waals surface area contributed by atoms with Gasteiger partial charge in [0, 0.05) is 0 Å². The van der Waals surface area contributed by atoms with Crippen molar-refractivity contribution >= 4 is 57.3 Å². The second kappa shape index (κ2) is 10.7. The van der Waals surface area contributed by atoms with Crippen molar-refractivity contribution in [3.8, 4) is 5.75 Å². The predicted octanol–water partition coefficient (Wildman–Crippen LogP) is 4.96. The van der Waals surface area contributed by atoms with Gasteiger partial charge in [-0.15, -0.1) is 10.2 Å². The number of carbonyl (C=O) groups is 2. The molecule has 1 heterocycles. The first-order valence-electron chi connectivity index (χ1n) is 8.81. The van der Waals surface area contributed by atoms with E-state index in [1.807, 2.05) is 6.07 Å². The Morgan fingerprint density at radius 2 is 1.81 bits per heavy atom. The molecule has 0 atom stereocenters. The summed E-state index contributed by atoms with van der Waals surface area (Å²) in [6.07, 6.45) is -4.56. The lowest BCUT2D eigenvalue weighted by atomic mass is 10.2. The number of aromatic nitrogens is 2. The van der Waals surface area contributed by atoms with Crippen molar-refractivity contribution < 1.29 is 27.5 Å². The lowest BCUT2D eigenvalue weighted by Gasteiger charge is -2.11. The lowest BCUT2D eigenvalue weighted by molar-refractivity contribution is -0.137. The number of amides is 2. The molecule has 0 unspecified atom stereocenters. The first kappa shape index (κ1) is 23.8. The van der Waals surface area contributed by atoms with Gasteiger partial charge in [-0.3, -0.25) is 14.9 Å². The number of nitrogens with zero attached hydrogens (tertiary/aromatic N) is 2. The molecule has 1 aromatic heterocycles. The number of carbonyl (C=O) groups excluding carboxylic acids is 2. The monoisotopic (exact) mass is 502 g/mol. The summed E-state index contributed by atoms with van der Waals surface area (Å²) in [6.45, 7) is -0.216. The molecular formula is C19H14ClF3N4O3S2. The average molecular weight is 503 g/mol. The quantitative estimate of drug-likeness (QED) is 0.334. The summed E-state index contributed by atoms with van der Waals surface area (Å²) in [5, 5.41) is 12.7. The van der Waals surface area contributed by atoms with E-state index in [4.69, 9.17) is 16.3 Å². The number of anilines is 2. The second-order valence-electron chi connectivity index (χ2n) is 6.05. The van der Waals surface area contributed by atoms with Gasteiger partial charge in [0.25, 0.3) is 5.91 Å². The number of thioether (sulfide) groups is 1. The van der Waals surface area contributed by atoms with Crippen LogP contribution in [-0.4, -0.2) is 34.4 Å². The van der Waals surface area contributed by atoms with Crippen molar-refractivity contribution in [2.75, 3.05) is 23.0 Å². The van der Waals surface area contributed by atoms with E-state index in [0.29, 0.717) is 10.1 Å². The van der Waals surface area contributed by atoms with Gasteiger partial charge < -0.3 is 10.1 Å². The van der Waals surface area contributed by atoms with Crippen LogP contribution in [0.2, 0.25) is 5.02 Å². The minimum Gasteiger partial charge on any atom is -0.484 e. The Balaban J connectivity index is 1.47. The van der Waals surface area contributed by atoms with Gasteiger partial charge in [0.2, 0.25) is 11.0 Å². The number of benzene rings is 2. The van der Waals surface area contributed by atoms with E-state index < -0.39 is 23.6 Å². The van der Waals surface area contributed by atoms with Gasteiger partial charge in [-0.2, -0.15) is 13.2 Å². The second-order valence-corrected chi connectivity index (χ2v) is 8.66. The average Bonchev–Trinajstić information content (AvgIpc) is 3.19. The number of hydrogen-bond acceptors (Lipinski definition) is 7. The molecule has 2 N–H and O–H groups in total. The van der Waals surface area contributed by atoms with Crippen molar-refractivity contribution in [3.63, 3.8) is 0 Å². The molecule has 13 heteroatoms. The van der Waals surface area contributed by atoms with Crippen LogP contribution in [0.25, 0.3) is 0 Å². The summed E-state index contributed by atoms with van der Waals surface area (Å²) in [5.74, 6) is -0.610. The van der Waals surface area contributed by atoms with Crippen LogP contribution in [0.15, 0.2) is 52.9 Å². The molecule has 0 spiro atoms. The van der Waals surface area contributed by atoms with Crippen LogP contribution in [0.1, 0.15) is 5.56 Å². The van der Waals surface area contributed by atoms with Crippen LogP contribution in [0.5, 0.6) is 5.75 Å². The third-order valence-corrected chi connectivity index (χ3v) is 5.96. The van der Waals surface area contributed by atoms with Crippen LogP contribution in [0.3, 0.4) is 0 Å². The Hall–Kier alpha value is -2.83. The van der Waals surface area contributed by atoms with Gasteiger partial charge in [0.1, 0.15) is 5.75 Å². The summed E-state index contributed by atoms with van der Waals surface area (Å²) in [4.78, 5) is 24.0. The fraction of sp³-hybridized carbons (Fsp3) is 0.158. The standard InChI is InChI=1S/C19H14ClF3N4O3S2/c20-13-7-6-11(19(21,22)23)8-14(13)24-16(29)10-31-18-27-26-17(32-18)25-15(28)9-30-12-4-2-1-3-5-12/h1-8H,9-10H2,(H,24,29)(H,25,26,28). The third-order valence-electron chi connectivity index (χ3n) is 3.66. The highest BCUT2D eigenvalue weighted by molar-refractivity contribution is 8.01. The molecule has 0 aliphatic heterocycles. The molecule has 7 nitrogen and oxygen atoms in total. The molecule has 0 radical (unpaired) electrons. The van der Waals surface area contributed by atoms with E-state index in [2.05, 4.69) is 20.8 Å². The largest absolute Gasteiger partial charge is 0.484 e. The fourth-order valence-electron chi connectivity index (χ4n) is 2.25. The van der Waals surface area contributed by atoms with E-state index >= 15 is 0 Å². The first-order chi connectivity index (χ1) is 15.2. The maximum Gasteiger partial charge on any atom is 0.416 e. The number of para-hydroxylation sites is 1. The first-order valence-corrected chi connectivity index (χ1v) is 11.0. The van der Waals surface area contributed by atoms with Crippen LogP contribution in [-0.2, 0) is 15.8 Å². The highest BCUT2D eigenvalue weighted by Gasteiger charge is 2.31. The summed E-state index contributed by atoms with van der Waals surface area (Å²) in [6, 6.07) is 11.5. The fourth-order valence-corrected chi connectivity index (χ4v) is 3.98. The molecule has 3 aromatic rings. The normalized spacial score (nSPS) is 11.1. The van der Waals surface area contributed by atoms with E-state index in [0.717, 1.165) is 41.3 Å². The van der Waals surface area contributed by atoms with E-state index in [1.54, 1.807) is 24.3 Å². The third kappa shape index (κ3) is 7.11. The molecule has 0 aliphatic rings. The highest BCUT2D eigenvalue weighted by atomic mass is 35.5. The van der Waals surface area contributed by atoms with Crippen LogP contribution >= 0.6 is 34.7 Å². The van der Waals surface area contributed by atoms with Gasteiger partial charge in [-0.05, 0) is 30.3 Å². The predicted molar refractivity (Wildman–Crippen MR) is 116 cm³/mol. The highest BCUT2D eigenvalue weighted by Crippen LogP contribution is 2.34. The molecule has 2 aromatic carbocycles. The SMILES string of the molecule is O=C(COc1ccccc1)Nc1nnc(SCC(=O)Nc2cc(C(F)(F)F)ccc2Cl)s1. The Morgan fingerprint density at radius 1 is 1.06 bits per heavy atom. The van der Waals surface area contributed by atoms with Gasteiger partial charge >= 0.3 is 6.18 Å². The van der Waals surface area contributed by atoms with Gasteiger partial charge in [0.05, 0.1) is 22.0 Å². The zero-order valence-corrected chi connectivity index (χ0v) is 18.4. The van der Waals surface area contributed by atoms with Crippen molar-refractivity contribution in [2.45, 2.75) is 10.5 Å². The van der Waals surface area contributed by atoms with Gasteiger partial charge in [-0.25, -0.2) is 0 Å². The van der Waals surface area contributed by atoms with Gasteiger partial charge in [0.15, 0.2) is 10.9 Å². The molecular weight excluding hydrogens is 489 g/mol. The Morgan fingerprint density at radius 3 is 2.53 bits per heavy atom. The van der Waals surface area contributed by atoms with Crippen molar-refractivity contribution in [1.82, 2.24) is 10.2 Å². The summed E-state index contributed by atoms with van der Waals surface area (Å²) >= 11 is 7.91.